The number of benzene rings is 1. The quantitative estimate of drug-likeness (QED) is 0.699. The molecule has 0 unspecified atom stereocenters. The van der Waals surface area contributed by atoms with Gasteiger partial charge in [0.1, 0.15) is 9.71 Å². The number of carbonyl (C=O) groups excluding carboxylic acids is 1. The summed E-state index contributed by atoms with van der Waals surface area (Å²) in [5, 5.41) is 3.88. The minimum absolute atomic E-state index is 0.201. The fraction of sp³-hybridized carbons (Fsp3) is 0.300. The van der Waals surface area contributed by atoms with Gasteiger partial charge in [0.15, 0.2) is 11.5 Å². The molecule has 3 heterocycles. The molecule has 6 nitrogen and oxygen atoms in total. The lowest BCUT2D eigenvalue weighted by Gasteiger charge is -2.18. The molecule has 3 aromatic rings. The van der Waals surface area contributed by atoms with Crippen molar-refractivity contribution in [3.05, 3.63) is 39.9 Å². The number of aromatic nitrogens is 1. The Hall–Kier alpha value is -2.80. The van der Waals surface area contributed by atoms with Crippen molar-refractivity contribution in [1.29, 1.82) is 0 Å². The second kappa shape index (κ2) is 6.13. The van der Waals surface area contributed by atoms with Crippen LogP contribution in [-0.4, -0.2) is 17.7 Å². The zero-order valence-corrected chi connectivity index (χ0v) is 15.7. The Morgan fingerprint density at radius 1 is 1.19 bits per heavy atom. The van der Waals surface area contributed by atoms with Crippen molar-refractivity contribution < 1.29 is 14.3 Å². The van der Waals surface area contributed by atoms with Crippen molar-refractivity contribution in [2.75, 3.05) is 17.8 Å². The van der Waals surface area contributed by atoms with Gasteiger partial charge in [-0.2, -0.15) is 0 Å². The van der Waals surface area contributed by atoms with Crippen LogP contribution in [0.1, 0.15) is 39.3 Å². The Bertz CT molecular complexity index is 1090. The number of anilines is 2. The first-order chi connectivity index (χ1) is 13.1. The van der Waals surface area contributed by atoms with Crippen molar-refractivity contribution in [3.8, 4) is 11.5 Å². The topological polar surface area (TPSA) is 86.5 Å². The Balaban J connectivity index is 1.53. The van der Waals surface area contributed by atoms with Crippen LogP contribution in [0.4, 0.5) is 11.4 Å². The van der Waals surface area contributed by atoms with Crippen LogP contribution in [0.2, 0.25) is 0 Å². The molecular weight excluding hydrogens is 362 g/mol. The molecule has 0 saturated heterocycles. The van der Waals surface area contributed by atoms with Gasteiger partial charge in [0.25, 0.3) is 5.91 Å². The molecule has 0 spiro atoms. The van der Waals surface area contributed by atoms with Gasteiger partial charge in [0, 0.05) is 22.8 Å². The van der Waals surface area contributed by atoms with Gasteiger partial charge in [-0.05, 0) is 55.9 Å². The van der Waals surface area contributed by atoms with Gasteiger partial charge in [0.05, 0.1) is 5.69 Å². The maximum absolute atomic E-state index is 12.9. The third-order valence-electron chi connectivity index (χ3n) is 5.24. The normalized spacial score (nSPS) is 15.0. The molecule has 7 heteroatoms. The van der Waals surface area contributed by atoms with Gasteiger partial charge in [-0.3, -0.25) is 4.79 Å². The van der Waals surface area contributed by atoms with E-state index in [1.54, 1.807) is 18.2 Å². The minimum atomic E-state index is -0.225. The number of hydrogen-bond acceptors (Lipinski definition) is 6. The Morgan fingerprint density at radius 2 is 1.96 bits per heavy atom. The highest BCUT2D eigenvalue weighted by atomic mass is 32.1. The number of amides is 1. The molecule has 0 bridgehead atoms. The predicted octanol–water partition coefficient (Wildman–Crippen LogP) is 4.05. The zero-order chi connectivity index (χ0) is 18.5. The summed E-state index contributed by atoms with van der Waals surface area (Å²) < 4.78 is 10.7. The Kier molecular flexibility index (Phi) is 3.72. The second-order valence-electron chi connectivity index (χ2n) is 6.91. The van der Waals surface area contributed by atoms with E-state index in [1.807, 2.05) is 6.92 Å². The number of nitrogens with zero attached hydrogens (tertiary/aromatic N) is 1. The molecule has 3 N–H and O–H groups in total. The first-order valence-electron chi connectivity index (χ1n) is 9.03. The lowest BCUT2D eigenvalue weighted by Crippen LogP contribution is -2.12. The first kappa shape index (κ1) is 16.4. The van der Waals surface area contributed by atoms with Crippen LogP contribution in [-0.2, 0) is 12.8 Å². The van der Waals surface area contributed by atoms with Crippen LogP contribution < -0.4 is 20.5 Å². The molecule has 138 valence electrons. The number of aryl methyl sites for hydroxylation is 2. The number of ether oxygens (including phenoxy) is 2. The van der Waals surface area contributed by atoms with Gasteiger partial charge in [-0.25, -0.2) is 4.98 Å². The largest absolute Gasteiger partial charge is 0.454 e. The van der Waals surface area contributed by atoms with E-state index in [2.05, 4.69) is 5.32 Å². The standard InChI is InChI=1S/C20H19N3O3S/c1-10-12-4-2-3-5-13(12)16-17(21)18(27-20(16)22-10)19(24)23-11-6-7-14-15(8-11)26-9-25-14/h6-8H,2-5,9,21H2,1H3,(H,23,24). The van der Waals surface area contributed by atoms with E-state index in [0.29, 0.717) is 27.8 Å². The summed E-state index contributed by atoms with van der Waals surface area (Å²) in [6, 6.07) is 5.33. The molecule has 1 amide bonds. The maximum atomic E-state index is 12.9. The summed E-state index contributed by atoms with van der Waals surface area (Å²) in [4.78, 5) is 19.0. The van der Waals surface area contributed by atoms with E-state index >= 15 is 0 Å². The maximum Gasteiger partial charge on any atom is 0.267 e. The number of hydrogen-bond donors (Lipinski definition) is 2. The number of nitrogen functional groups attached to an aromatic ring is 1. The predicted molar refractivity (Wildman–Crippen MR) is 106 cm³/mol. The molecule has 0 saturated carbocycles. The molecule has 1 aliphatic carbocycles. The molecule has 2 aromatic heterocycles. The van der Waals surface area contributed by atoms with Crippen molar-refractivity contribution in [1.82, 2.24) is 4.98 Å². The van der Waals surface area contributed by atoms with Crippen molar-refractivity contribution in [3.63, 3.8) is 0 Å². The molecule has 0 radical (unpaired) electrons. The third kappa shape index (κ3) is 2.61. The monoisotopic (exact) mass is 381 g/mol. The fourth-order valence-corrected chi connectivity index (χ4v) is 5.00. The van der Waals surface area contributed by atoms with Crippen LogP contribution in [0.15, 0.2) is 18.2 Å². The molecule has 27 heavy (non-hydrogen) atoms. The Labute approximate surface area is 160 Å². The second-order valence-corrected chi connectivity index (χ2v) is 7.91. The Morgan fingerprint density at radius 3 is 2.81 bits per heavy atom. The SMILES string of the molecule is Cc1nc2sc(C(=O)Nc3ccc4c(c3)OCO4)c(N)c2c2c1CCCC2. The summed E-state index contributed by atoms with van der Waals surface area (Å²) in [6.07, 6.45) is 4.37. The summed E-state index contributed by atoms with van der Waals surface area (Å²) in [7, 11) is 0. The van der Waals surface area contributed by atoms with Gasteiger partial charge in [0.2, 0.25) is 6.79 Å². The highest BCUT2D eigenvalue weighted by molar-refractivity contribution is 7.21. The molecule has 1 aromatic carbocycles. The summed E-state index contributed by atoms with van der Waals surface area (Å²) in [5.74, 6) is 1.08. The molecular formula is C20H19N3O3S. The van der Waals surface area contributed by atoms with Crippen molar-refractivity contribution in [2.45, 2.75) is 32.6 Å². The lowest BCUT2D eigenvalue weighted by atomic mass is 9.89. The highest BCUT2D eigenvalue weighted by Crippen LogP contribution is 2.40. The number of nitrogens with one attached hydrogen (secondary N) is 1. The van der Waals surface area contributed by atoms with Crippen LogP contribution in [0.3, 0.4) is 0 Å². The molecule has 1 aliphatic heterocycles. The van der Waals surface area contributed by atoms with Gasteiger partial charge >= 0.3 is 0 Å². The third-order valence-corrected chi connectivity index (χ3v) is 6.34. The summed E-state index contributed by atoms with van der Waals surface area (Å²) in [5.41, 5.74) is 11.2. The number of thiophene rings is 1. The van der Waals surface area contributed by atoms with E-state index in [9.17, 15) is 4.79 Å². The van der Waals surface area contributed by atoms with E-state index in [4.69, 9.17) is 20.2 Å². The van der Waals surface area contributed by atoms with E-state index in [0.717, 1.165) is 35.2 Å². The molecule has 0 fully saturated rings. The number of carbonyl (C=O) groups is 1. The first-order valence-corrected chi connectivity index (χ1v) is 9.85. The van der Waals surface area contributed by atoms with Gasteiger partial charge < -0.3 is 20.5 Å². The summed E-state index contributed by atoms with van der Waals surface area (Å²) >= 11 is 1.36. The van der Waals surface area contributed by atoms with Crippen LogP contribution >= 0.6 is 11.3 Å². The number of nitrogens with two attached hydrogens (primary N) is 1. The van der Waals surface area contributed by atoms with Crippen LogP contribution in [0, 0.1) is 6.92 Å². The highest BCUT2D eigenvalue weighted by Gasteiger charge is 2.24. The van der Waals surface area contributed by atoms with E-state index < -0.39 is 0 Å². The average molecular weight is 381 g/mol. The van der Waals surface area contributed by atoms with Crippen LogP contribution in [0.5, 0.6) is 11.5 Å². The zero-order valence-electron chi connectivity index (χ0n) is 14.9. The molecule has 2 aliphatic rings. The number of fused-ring (bicyclic) bond motifs is 4. The average Bonchev–Trinajstić information content (AvgIpc) is 3.26. The number of rotatable bonds is 2. The number of pyridine rings is 1. The molecule has 5 rings (SSSR count). The van der Waals surface area contributed by atoms with Crippen molar-refractivity contribution >= 4 is 38.8 Å². The smallest absolute Gasteiger partial charge is 0.267 e. The summed E-state index contributed by atoms with van der Waals surface area (Å²) in [6.45, 7) is 2.25. The minimum Gasteiger partial charge on any atom is -0.454 e. The van der Waals surface area contributed by atoms with Gasteiger partial charge in [-0.1, -0.05) is 0 Å². The van der Waals surface area contributed by atoms with Gasteiger partial charge in [-0.15, -0.1) is 11.3 Å². The fourth-order valence-electron chi connectivity index (χ4n) is 3.93. The van der Waals surface area contributed by atoms with Crippen molar-refractivity contribution in [2.24, 2.45) is 0 Å². The van der Waals surface area contributed by atoms with E-state index in [1.165, 1.54) is 28.9 Å². The van der Waals surface area contributed by atoms with E-state index in [-0.39, 0.29) is 12.7 Å². The van der Waals surface area contributed by atoms with Crippen LogP contribution in [0.25, 0.3) is 10.2 Å². The lowest BCUT2D eigenvalue weighted by molar-refractivity contribution is 0.103. The molecule has 0 atom stereocenters.